The van der Waals surface area contributed by atoms with Gasteiger partial charge in [-0.1, -0.05) is 54.8 Å². The molecule has 2 aliphatic rings. The number of benzene rings is 2. The molecule has 0 unspecified atom stereocenters. The molecule has 4 rings (SSSR count). The zero-order valence-electron chi connectivity index (χ0n) is 16.3. The van der Waals surface area contributed by atoms with Gasteiger partial charge in [-0.3, -0.25) is 19.8 Å². The van der Waals surface area contributed by atoms with Gasteiger partial charge in [0, 0.05) is 20.9 Å². The van der Waals surface area contributed by atoms with Gasteiger partial charge >= 0.3 is 6.03 Å². The first-order valence-electron chi connectivity index (χ1n) is 9.95. The lowest BCUT2D eigenvalue weighted by Crippen LogP contribution is -2.58. The Morgan fingerprint density at radius 2 is 1.50 bits per heavy atom. The van der Waals surface area contributed by atoms with Gasteiger partial charge in [-0.05, 0) is 60.9 Å². The van der Waals surface area contributed by atoms with Crippen LogP contribution in [-0.2, 0) is 9.59 Å². The normalized spacial score (nSPS) is 19.3. The molecule has 0 spiro atoms. The maximum Gasteiger partial charge on any atom is 0.331 e. The maximum absolute atomic E-state index is 12.9. The highest BCUT2D eigenvalue weighted by molar-refractivity contribution is 7.99. The van der Waals surface area contributed by atoms with Crippen LogP contribution in [0, 0.1) is 0 Å². The van der Waals surface area contributed by atoms with E-state index < -0.39 is 17.8 Å². The summed E-state index contributed by atoms with van der Waals surface area (Å²) in [4.78, 5) is 40.9. The smallest absolute Gasteiger partial charge is 0.273 e. The predicted molar refractivity (Wildman–Crippen MR) is 117 cm³/mol. The number of nitrogens with zero attached hydrogens (tertiary/aromatic N) is 1. The van der Waals surface area contributed by atoms with Crippen LogP contribution in [0.4, 0.5) is 4.79 Å². The molecule has 0 atom stereocenters. The van der Waals surface area contributed by atoms with Crippen LogP contribution in [0.15, 0.2) is 63.9 Å². The van der Waals surface area contributed by atoms with Crippen LogP contribution in [0.3, 0.4) is 0 Å². The Hall–Kier alpha value is -2.57. The lowest BCUT2D eigenvalue weighted by atomic mass is 9.93. The van der Waals surface area contributed by atoms with E-state index in [1.54, 1.807) is 17.8 Å². The van der Waals surface area contributed by atoms with Crippen LogP contribution in [0.1, 0.15) is 37.7 Å². The Morgan fingerprint density at radius 3 is 2.13 bits per heavy atom. The molecule has 7 heteroatoms. The van der Waals surface area contributed by atoms with Gasteiger partial charge < -0.3 is 0 Å². The van der Waals surface area contributed by atoms with Crippen molar-refractivity contribution in [1.29, 1.82) is 0 Å². The Labute approximate surface area is 184 Å². The molecule has 2 fully saturated rings. The second-order valence-electron chi connectivity index (χ2n) is 7.41. The van der Waals surface area contributed by atoms with E-state index in [2.05, 4.69) is 5.32 Å². The Bertz CT molecular complexity index is 996. The minimum atomic E-state index is -0.642. The third kappa shape index (κ3) is 4.60. The second kappa shape index (κ2) is 9.06. The van der Waals surface area contributed by atoms with Gasteiger partial charge in [-0.25, -0.2) is 4.79 Å². The molecule has 1 saturated heterocycles. The molecule has 0 radical (unpaired) electrons. The summed E-state index contributed by atoms with van der Waals surface area (Å²) in [5, 5.41) is 3.01. The van der Waals surface area contributed by atoms with Gasteiger partial charge in [0.2, 0.25) is 0 Å². The number of carbonyl (C=O) groups is 3. The predicted octanol–water partition coefficient (Wildman–Crippen LogP) is 5.29. The molecule has 1 saturated carbocycles. The van der Waals surface area contributed by atoms with E-state index >= 15 is 0 Å². The number of amides is 4. The number of nitrogens with one attached hydrogen (secondary N) is 1. The van der Waals surface area contributed by atoms with Gasteiger partial charge in [0.05, 0.1) is 0 Å². The number of urea groups is 1. The van der Waals surface area contributed by atoms with Crippen molar-refractivity contribution in [2.75, 3.05) is 0 Å². The standard InChI is InChI=1S/C23H21ClN2O3S/c24-16-8-12-19(13-9-16)30-18-10-6-15(7-11-18)14-20-21(27)25-23(29)26(22(20)28)17-4-2-1-3-5-17/h6-14,17H,1-5H2,(H,25,27,29). The molecular formula is C23H21ClN2O3S. The highest BCUT2D eigenvalue weighted by Crippen LogP contribution is 2.30. The fraction of sp³-hybridized carbons (Fsp3) is 0.261. The van der Waals surface area contributed by atoms with Gasteiger partial charge in [0.25, 0.3) is 11.8 Å². The average Bonchev–Trinajstić information content (AvgIpc) is 2.74. The number of hydrogen-bond acceptors (Lipinski definition) is 4. The SMILES string of the molecule is O=C1NC(=O)N(C2CCCCC2)C(=O)C1=Cc1ccc(Sc2ccc(Cl)cc2)cc1. The van der Waals surface area contributed by atoms with E-state index in [1.165, 1.54) is 4.90 Å². The van der Waals surface area contributed by atoms with Crippen molar-refractivity contribution in [1.82, 2.24) is 10.2 Å². The number of barbiturate groups is 1. The monoisotopic (exact) mass is 440 g/mol. The van der Waals surface area contributed by atoms with Crippen LogP contribution >= 0.6 is 23.4 Å². The molecule has 2 aromatic rings. The highest BCUT2D eigenvalue weighted by Gasteiger charge is 2.40. The quantitative estimate of drug-likeness (QED) is 0.518. The van der Waals surface area contributed by atoms with Gasteiger partial charge in [-0.15, -0.1) is 0 Å². The van der Waals surface area contributed by atoms with Crippen molar-refractivity contribution in [2.24, 2.45) is 0 Å². The van der Waals surface area contributed by atoms with Crippen LogP contribution in [0.25, 0.3) is 6.08 Å². The summed E-state index contributed by atoms with van der Waals surface area (Å²) in [5.41, 5.74) is 0.727. The van der Waals surface area contributed by atoms with E-state index in [4.69, 9.17) is 11.6 Å². The third-order valence-corrected chi connectivity index (χ3v) is 6.58. The average molecular weight is 441 g/mol. The molecule has 1 aliphatic heterocycles. The molecule has 0 bridgehead atoms. The second-order valence-corrected chi connectivity index (χ2v) is 8.99. The maximum atomic E-state index is 12.9. The summed E-state index contributed by atoms with van der Waals surface area (Å²) in [7, 11) is 0. The molecule has 30 heavy (non-hydrogen) atoms. The van der Waals surface area contributed by atoms with Gasteiger partial charge in [-0.2, -0.15) is 0 Å². The molecule has 4 amide bonds. The van der Waals surface area contributed by atoms with Gasteiger partial charge in [0.15, 0.2) is 0 Å². The summed E-state index contributed by atoms with van der Waals surface area (Å²) in [5.74, 6) is -1.15. The van der Waals surface area contributed by atoms with E-state index in [1.807, 2.05) is 48.5 Å². The summed E-state index contributed by atoms with van der Waals surface area (Å²) in [6, 6.07) is 14.4. The lowest BCUT2D eigenvalue weighted by molar-refractivity contribution is -0.132. The number of hydrogen-bond donors (Lipinski definition) is 1. The summed E-state index contributed by atoms with van der Waals surface area (Å²) >= 11 is 7.51. The van der Waals surface area contributed by atoms with Crippen LogP contribution in [-0.4, -0.2) is 28.8 Å². The zero-order valence-corrected chi connectivity index (χ0v) is 17.8. The van der Waals surface area contributed by atoms with E-state index in [9.17, 15) is 14.4 Å². The van der Waals surface area contributed by atoms with Crippen molar-refractivity contribution in [2.45, 2.75) is 47.9 Å². The summed E-state index contributed by atoms with van der Waals surface area (Å²) in [6.07, 6.45) is 6.22. The minimum Gasteiger partial charge on any atom is -0.273 e. The lowest BCUT2D eigenvalue weighted by Gasteiger charge is -2.35. The molecule has 1 N–H and O–H groups in total. The van der Waals surface area contributed by atoms with E-state index in [0.717, 1.165) is 47.5 Å². The van der Waals surface area contributed by atoms with Crippen molar-refractivity contribution < 1.29 is 14.4 Å². The summed E-state index contributed by atoms with van der Waals surface area (Å²) < 4.78 is 0. The number of halogens is 1. The molecule has 2 aromatic carbocycles. The largest absolute Gasteiger partial charge is 0.331 e. The minimum absolute atomic E-state index is 0.00159. The van der Waals surface area contributed by atoms with Crippen molar-refractivity contribution in [3.05, 3.63) is 64.7 Å². The first kappa shape index (κ1) is 20.7. The third-order valence-electron chi connectivity index (χ3n) is 5.31. The molecule has 1 heterocycles. The highest BCUT2D eigenvalue weighted by atomic mass is 35.5. The number of rotatable bonds is 4. The van der Waals surface area contributed by atoms with Crippen molar-refractivity contribution in [3.8, 4) is 0 Å². The molecule has 154 valence electrons. The Balaban J connectivity index is 1.52. The molecule has 0 aromatic heterocycles. The van der Waals surface area contributed by atoms with Crippen molar-refractivity contribution >= 4 is 47.3 Å². The van der Waals surface area contributed by atoms with E-state index in [0.29, 0.717) is 5.02 Å². The number of carbonyl (C=O) groups excluding carboxylic acids is 3. The van der Waals surface area contributed by atoms with Crippen LogP contribution < -0.4 is 5.32 Å². The van der Waals surface area contributed by atoms with Crippen LogP contribution in [0.5, 0.6) is 0 Å². The molecular weight excluding hydrogens is 420 g/mol. The fourth-order valence-corrected chi connectivity index (χ4v) is 4.72. The van der Waals surface area contributed by atoms with Gasteiger partial charge in [0.1, 0.15) is 5.57 Å². The zero-order chi connectivity index (χ0) is 21.1. The molecule has 5 nitrogen and oxygen atoms in total. The number of imide groups is 2. The first-order chi connectivity index (χ1) is 14.5. The molecule has 1 aliphatic carbocycles. The fourth-order valence-electron chi connectivity index (χ4n) is 3.78. The van der Waals surface area contributed by atoms with Crippen molar-refractivity contribution in [3.63, 3.8) is 0 Å². The van der Waals surface area contributed by atoms with E-state index in [-0.39, 0.29) is 11.6 Å². The Kier molecular flexibility index (Phi) is 6.25. The van der Waals surface area contributed by atoms with Crippen LogP contribution in [0.2, 0.25) is 5.02 Å². The summed E-state index contributed by atoms with van der Waals surface area (Å²) in [6.45, 7) is 0. The first-order valence-corrected chi connectivity index (χ1v) is 11.1. The Morgan fingerprint density at radius 1 is 0.900 bits per heavy atom. The topological polar surface area (TPSA) is 66.5 Å².